The molecule has 0 spiro atoms. The number of anilines is 1. The van der Waals surface area contributed by atoms with Gasteiger partial charge < -0.3 is 10.4 Å². The second-order valence-electron chi connectivity index (χ2n) is 2.86. The summed E-state index contributed by atoms with van der Waals surface area (Å²) >= 11 is 0. The van der Waals surface area contributed by atoms with Crippen molar-refractivity contribution in [2.45, 2.75) is 0 Å². The summed E-state index contributed by atoms with van der Waals surface area (Å²) in [7, 11) is 0. The normalized spacial score (nSPS) is 9.73. The maximum Gasteiger partial charge on any atom is 0.332 e. The molecule has 1 aromatic carbocycles. The monoisotopic (exact) mass is 213 g/mol. The summed E-state index contributed by atoms with van der Waals surface area (Å²) in [5.41, 5.74) is -0.516. The van der Waals surface area contributed by atoms with Gasteiger partial charge in [-0.3, -0.25) is 0 Å². The summed E-state index contributed by atoms with van der Waals surface area (Å²) in [6, 6.07) is 3.38. The van der Waals surface area contributed by atoms with Crippen molar-refractivity contribution in [3.8, 4) is 0 Å². The van der Waals surface area contributed by atoms with Crippen molar-refractivity contribution in [3.05, 3.63) is 42.0 Å². The van der Waals surface area contributed by atoms with Crippen LogP contribution in [0.4, 0.5) is 14.5 Å². The molecular formula is C10H9F2NO2. The average Bonchev–Trinajstić information content (AvgIpc) is 2.16. The molecule has 5 heteroatoms. The lowest BCUT2D eigenvalue weighted by molar-refractivity contribution is -0.132. The molecule has 15 heavy (non-hydrogen) atoms. The molecule has 0 aromatic heterocycles. The van der Waals surface area contributed by atoms with Gasteiger partial charge in [0.1, 0.15) is 17.3 Å². The number of carbonyl (C=O) groups is 1. The number of para-hydroxylation sites is 1. The Bertz CT molecular complexity index is 384. The van der Waals surface area contributed by atoms with Gasteiger partial charge >= 0.3 is 5.97 Å². The van der Waals surface area contributed by atoms with E-state index in [0.29, 0.717) is 0 Å². The van der Waals surface area contributed by atoms with Crippen LogP contribution >= 0.6 is 0 Å². The highest BCUT2D eigenvalue weighted by Crippen LogP contribution is 2.17. The number of halogens is 2. The van der Waals surface area contributed by atoms with Gasteiger partial charge in [-0.1, -0.05) is 12.6 Å². The molecule has 0 saturated carbocycles. The van der Waals surface area contributed by atoms with E-state index in [0.717, 1.165) is 12.1 Å². The van der Waals surface area contributed by atoms with Gasteiger partial charge in [0.05, 0.1) is 0 Å². The molecule has 3 nitrogen and oxygen atoms in total. The van der Waals surface area contributed by atoms with Crippen molar-refractivity contribution < 1.29 is 18.7 Å². The Balaban J connectivity index is 2.73. The van der Waals surface area contributed by atoms with Crippen LogP contribution in [-0.4, -0.2) is 17.6 Å². The van der Waals surface area contributed by atoms with Crippen molar-refractivity contribution in [2.75, 3.05) is 11.9 Å². The average molecular weight is 213 g/mol. The van der Waals surface area contributed by atoms with Gasteiger partial charge in [0.25, 0.3) is 0 Å². The van der Waals surface area contributed by atoms with Crippen LogP contribution in [0.5, 0.6) is 0 Å². The van der Waals surface area contributed by atoms with Crippen LogP contribution in [0.1, 0.15) is 0 Å². The molecule has 0 bridgehead atoms. The number of rotatable bonds is 4. The van der Waals surface area contributed by atoms with E-state index in [2.05, 4.69) is 11.9 Å². The lowest BCUT2D eigenvalue weighted by atomic mass is 10.2. The highest BCUT2D eigenvalue weighted by molar-refractivity contribution is 5.86. The molecule has 80 valence electrons. The van der Waals surface area contributed by atoms with Crippen molar-refractivity contribution in [1.82, 2.24) is 0 Å². The Hall–Kier alpha value is -1.91. The standard InChI is InChI=1S/C10H9F2NO2/c1-6(10(14)15)5-13-9-7(11)3-2-4-8(9)12/h2-4,13H,1,5H2,(H,14,15). The van der Waals surface area contributed by atoms with Gasteiger partial charge in [0.2, 0.25) is 0 Å². The lowest BCUT2D eigenvalue weighted by Crippen LogP contribution is -2.12. The topological polar surface area (TPSA) is 49.3 Å². The molecule has 1 rings (SSSR count). The first kappa shape index (κ1) is 11.2. The molecule has 0 radical (unpaired) electrons. The molecule has 0 aliphatic rings. The number of carboxylic acids is 1. The van der Waals surface area contributed by atoms with Crippen molar-refractivity contribution in [1.29, 1.82) is 0 Å². The molecule has 0 saturated heterocycles. The maximum atomic E-state index is 13.0. The predicted octanol–water partition coefficient (Wildman–Crippen LogP) is 2.02. The number of hydrogen-bond acceptors (Lipinski definition) is 2. The van der Waals surface area contributed by atoms with Crippen LogP contribution in [0, 0.1) is 11.6 Å². The zero-order valence-electron chi connectivity index (χ0n) is 7.76. The highest BCUT2D eigenvalue weighted by Gasteiger charge is 2.09. The van der Waals surface area contributed by atoms with E-state index in [1.54, 1.807) is 0 Å². The number of hydrogen-bond donors (Lipinski definition) is 2. The molecule has 0 atom stereocenters. The summed E-state index contributed by atoms with van der Waals surface area (Å²) < 4.78 is 26.0. The summed E-state index contributed by atoms with van der Waals surface area (Å²) in [4.78, 5) is 10.4. The van der Waals surface area contributed by atoms with Gasteiger partial charge in [0.15, 0.2) is 0 Å². The minimum absolute atomic E-state index is 0.169. The maximum absolute atomic E-state index is 13.0. The predicted molar refractivity (Wildman–Crippen MR) is 51.6 cm³/mol. The number of benzene rings is 1. The zero-order chi connectivity index (χ0) is 11.4. The van der Waals surface area contributed by atoms with Crippen LogP contribution in [0.25, 0.3) is 0 Å². The molecule has 0 aliphatic carbocycles. The Kier molecular flexibility index (Phi) is 3.38. The van der Waals surface area contributed by atoms with E-state index in [1.807, 2.05) is 0 Å². The van der Waals surface area contributed by atoms with Crippen LogP contribution < -0.4 is 5.32 Å². The third-order valence-electron chi connectivity index (χ3n) is 1.74. The quantitative estimate of drug-likeness (QED) is 0.752. The molecule has 1 aromatic rings. The second-order valence-corrected chi connectivity index (χ2v) is 2.86. The molecule has 2 N–H and O–H groups in total. The lowest BCUT2D eigenvalue weighted by Gasteiger charge is -2.07. The smallest absolute Gasteiger partial charge is 0.332 e. The summed E-state index contributed by atoms with van der Waals surface area (Å²) in [6.07, 6.45) is 0. The van der Waals surface area contributed by atoms with Crippen LogP contribution in [-0.2, 0) is 4.79 Å². The molecule has 0 amide bonds. The van der Waals surface area contributed by atoms with E-state index in [-0.39, 0.29) is 17.8 Å². The Labute approximate surface area is 85.0 Å². The third kappa shape index (κ3) is 2.77. The highest BCUT2D eigenvalue weighted by atomic mass is 19.1. The fourth-order valence-electron chi connectivity index (χ4n) is 0.937. The number of aliphatic carboxylic acids is 1. The van der Waals surface area contributed by atoms with Gasteiger partial charge in [-0.05, 0) is 12.1 Å². The van der Waals surface area contributed by atoms with E-state index in [9.17, 15) is 13.6 Å². The molecule has 0 heterocycles. The number of nitrogens with one attached hydrogen (secondary N) is 1. The largest absolute Gasteiger partial charge is 0.478 e. The van der Waals surface area contributed by atoms with Gasteiger partial charge in [-0.15, -0.1) is 0 Å². The van der Waals surface area contributed by atoms with E-state index in [4.69, 9.17) is 5.11 Å². The van der Waals surface area contributed by atoms with Crippen molar-refractivity contribution >= 4 is 11.7 Å². The second kappa shape index (κ2) is 4.54. The first-order chi connectivity index (χ1) is 7.02. The molecule has 0 aliphatic heterocycles. The molecule has 0 fully saturated rings. The molecule has 0 unspecified atom stereocenters. The third-order valence-corrected chi connectivity index (χ3v) is 1.74. The Morgan fingerprint density at radius 1 is 1.40 bits per heavy atom. The first-order valence-corrected chi connectivity index (χ1v) is 4.11. The summed E-state index contributed by atoms with van der Waals surface area (Å²) in [6.45, 7) is 3.01. The van der Waals surface area contributed by atoms with Crippen molar-refractivity contribution in [3.63, 3.8) is 0 Å². The van der Waals surface area contributed by atoms with E-state index >= 15 is 0 Å². The van der Waals surface area contributed by atoms with Gasteiger partial charge in [0, 0.05) is 12.1 Å². The Morgan fingerprint density at radius 3 is 2.40 bits per heavy atom. The summed E-state index contributed by atoms with van der Waals surface area (Å²) in [5, 5.41) is 10.8. The van der Waals surface area contributed by atoms with Crippen LogP contribution in [0.15, 0.2) is 30.4 Å². The van der Waals surface area contributed by atoms with Crippen molar-refractivity contribution in [2.24, 2.45) is 0 Å². The summed E-state index contributed by atoms with van der Waals surface area (Å²) in [5.74, 6) is -2.75. The van der Waals surface area contributed by atoms with E-state index in [1.165, 1.54) is 6.07 Å². The first-order valence-electron chi connectivity index (χ1n) is 4.11. The molecular weight excluding hydrogens is 204 g/mol. The minimum atomic E-state index is -1.21. The SMILES string of the molecule is C=C(CNc1c(F)cccc1F)C(=O)O. The Morgan fingerprint density at radius 2 is 1.93 bits per heavy atom. The fraction of sp³-hybridized carbons (Fsp3) is 0.100. The minimum Gasteiger partial charge on any atom is -0.478 e. The van der Waals surface area contributed by atoms with Crippen LogP contribution in [0.3, 0.4) is 0 Å². The fourth-order valence-corrected chi connectivity index (χ4v) is 0.937. The van der Waals surface area contributed by atoms with E-state index < -0.39 is 17.6 Å². The van der Waals surface area contributed by atoms with Gasteiger partial charge in [-0.2, -0.15) is 0 Å². The zero-order valence-corrected chi connectivity index (χ0v) is 7.76. The van der Waals surface area contributed by atoms with Gasteiger partial charge in [-0.25, -0.2) is 13.6 Å². The number of carboxylic acid groups (broad SMARTS) is 1. The van der Waals surface area contributed by atoms with Crippen LogP contribution in [0.2, 0.25) is 0 Å².